The molecule has 0 spiro atoms. The van der Waals surface area contributed by atoms with Gasteiger partial charge in [0.25, 0.3) is 0 Å². The van der Waals surface area contributed by atoms with Crippen LogP contribution in [0.4, 0.5) is 5.69 Å². The van der Waals surface area contributed by atoms with Gasteiger partial charge in [0.05, 0.1) is 5.69 Å². The minimum atomic E-state index is -3.45. The number of nitrogens with one attached hydrogen (secondary N) is 2. The first-order valence-electron chi connectivity index (χ1n) is 7.13. The summed E-state index contributed by atoms with van der Waals surface area (Å²) < 4.78 is 27.8. The van der Waals surface area contributed by atoms with Crippen LogP contribution in [0.25, 0.3) is 0 Å². The van der Waals surface area contributed by atoms with Crippen LogP contribution in [-0.2, 0) is 10.0 Å². The van der Waals surface area contributed by atoms with Gasteiger partial charge < -0.3 is 5.32 Å². The van der Waals surface area contributed by atoms with Crippen molar-refractivity contribution < 1.29 is 8.42 Å². The highest BCUT2D eigenvalue weighted by Crippen LogP contribution is 2.30. The van der Waals surface area contributed by atoms with Gasteiger partial charge in [-0.3, -0.25) is 4.90 Å². The van der Waals surface area contributed by atoms with Gasteiger partial charge in [-0.2, -0.15) is 0 Å². The molecular formula is C14H21N3O2S. The fourth-order valence-corrected chi connectivity index (χ4v) is 4.32. The second-order valence-corrected chi connectivity index (χ2v) is 7.26. The Kier molecular flexibility index (Phi) is 3.70. The summed E-state index contributed by atoms with van der Waals surface area (Å²) in [6, 6.07) is 7.73. The van der Waals surface area contributed by atoms with Crippen molar-refractivity contribution in [2.45, 2.75) is 36.2 Å². The standard InChI is InChI=1S/C14H21N3O2S/c1-15-13-4-2-3-5-14(13)20(18,19)16-11-8-9-17(10-11)12-6-7-12/h2-5,11-12,15-16H,6-10H2,1H3. The predicted octanol–water partition coefficient (Wildman–Crippen LogP) is 1.24. The maximum Gasteiger partial charge on any atom is 0.242 e. The molecule has 5 nitrogen and oxygen atoms in total. The molecule has 1 aliphatic heterocycles. The Hall–Kier alpha value is -1.11. The summed E-state index contributed by atoms with van der Waals surface area (Å²) in [5.74, 6) is 0. The zero-order valence-corrected chi connectivity index (χ0v) is 12.5. The van der Waals surface area contributed by atoms with E-state index in [0.29, 0.717) is 16.6 Å². The molecule has 0 radical (unpaired) electrons. The lowest BCUT2D eigenvalue weighted by molar-refractivity contribution is 0.322. The molecule has 20 heavy (non-hydrogen) atoms. The monoisotopic (exact) mass is 295 g/mol. The van der Waals surface area contributed by atoms with E-state index in [9.17, 15) is 8.42 Å². The highest BCUT2D eigenvalue weighted by molar-refractivity contribution is 7.89. The molecule has 110 valence electrons. The molecule has 1 heterocycles. The lowest BCUT2D eigenvalue weighted by Gasteiger charge is -2.17. The molecule has 1 unspecified atom stereocenters. The van der Waals surface area contributed by atoms with Crippen LogP contribution < -0.4 is 10.0 Å². The van der Waals surface area contributed by atoms with Gasteiger partial charge in [0.15, 0.2) is 0 Å². The molecule has 1 saturated heterocycles. The molecule has 1 aliphatic carbocycles. The van der Waals surface area contributed by atoms with Crippen molar-refractivity contribution in [2.75, 3.05) is 25.5 Å². The molecule has 1 aromatic carbocycles. The third-order valence-electron chi connectivity index (χ3n) is 4.05. The number of hydrogen-bond acceptors (Lipinski definition) is 4. The molecule has 2 fully saturated rings. The van der Waals surface area contributed by atoms with Gasteiger partial charge in [-0.05, 0) is 31.4 Å². The molecule has 2 N–H and O–H groups in total. The summed E-state index contributed by atoms with van der Waals surface area (Å²) in [7, 11) is -1.72. The predicted molar refractivity (Wildman–Crippen MR) is 79.3 cm³/mol. The van der Waals surface area contributed by atoms with Crippen molar-refractivity contribution in [3.05, 3.63) is 24.3 Å². The molecule has 0 amide bonds. The molecule has 2 aliphatic rings. The zero-order chi connectivity index (χ0) is 14.2. The largest absolute Gasteiger partial charge is 0.387 e. The van der Waals surface area contributed by atoms with Crippen molar-refractivity contribution in [2.24, 2.45) is 0 Å². The van der Waals surface area contributed by atoms with Crippen LogP contribution in [0.1, 0.15) is 19.3 Å². The Bertz CT molecular complexity index is 584. The van der Waals surface area contributed by atoms with Gasteiger partial charge >= 0.3 is 0 Å². The van der Waals surface area contributed by atoms with Crippen LogP contribution in [0.5, 0.6) is 0 Å². The average molecular weight is 295 g/mol. The lowest BCUT2D eigenvalue weighted by atomic mass is 10.3. The topological polar surface area (TPSA) is 61.4 Å². The Morgan fingerprint density at radius 2 is 1.95 bits per heavy atom. The molecular weight excluding hydrogens is 274 g/mol. The third-order valence-corrected chi connectivity index (χ3v) is 5.63. The van der Waals surface area contributed by atoms with Crippen molar-refractivity contribution >= 4 is 15.7 Å². The molecule has 0 aromatic heterocycles. The van der Waals surface area contributed by atoms with Crippen molar-refractivity contribution in [3.8, 4) is 0 Å². The smallest absolute Gasteiger partial charge is 0.242 e. The van der Waals surface area contributed by atoms with Crippen LogP contribution in [0, 0.1) is 0 Å². The Morgan fingerprint density at radius 3 is 2.65 bits per heavy atom. The van der Waals surface area contributed by atoms with E-state index in [1.807, 2.05) is 6.07 Å². The highest BCUT2D eigenvalue weighted by atomic mass is 32.2. The lowest BCUT2D eigenvalue weighted by Crippen LogP contribution is -2.37. The van der Waals surface area contributed by atoms with Gasteiger partial charge in [-0.1, -0.05) is 12.1 Å². The van der Waals surface area contributed by atoms with Crippen molar-refractivity contribution in [3.63, 3.8) is 0 Å². The van der Waals surface area contributed by atoms with Crippen LogP contribution in [0.3, 0.4) is 0 Å². The van der Waals surface area contributed by atoms with Crippen molar-refractivity contribution in [1.29, 1.82) is 0 Å². The SMILES string of the molecule is CNc1ccccc1S(=O)(=O)NC1CCN(C2CC2)C1. The van der Waals surface area contributed by atoms with Crippen LogP contribution in [0.15, 0.2) is 29.2 Å². The maximum absolute atomic E-state index is 12.5. The normalized spacial score (nSPS) is 23.9. The quantitative estimate of drug-likeness (QED) is 0.858. The van der Waals surface area contributed by atoms with Gasteiger partial charge in [0, 0.05) is 32.2 Å². The second kappa shape index (κ2) is 5.35. The van der Waals surface area contributed by atoms with Gasteiger partial charge in [0.1, 0.15) is 4.90 Å². The number of para-hydroxylation sites is 1. The average Bonchev–Trinajstić information content (AvgIpc) is 3.20. The summed E-state index contributed by atoms with van der Waals surface area (Å²) >= 11 is 0. The number of sulfonamides is 1. The third kappa shape index (κ3) is 2.82. The van der Waals surface area contributed by atoms with Crippen LogP contribution in [-0.4, -0.2) is 45.5 Å². The van der Waals surface area contributed by atoms with Crippen molar-refractivity contribution in [1.82, 2.24) is 9.62 Å². The first kappa shape index (κ1) is 13.9. The van der Waals surface area contributed by atoms with E-state index in [4.69, 9.17) is 0 Å². The van der Waals surface area contributed by atoms with E-state index < -0.39 is 10.0 Å². The minimum Gasteiger partial charge on any atom is -0.387 e. The molecule has 1 saturated carbocycles. The van der Waals surface area contributed by atoms with Gasteiger partial charge in [0.2, 0.25) is 10.0 Å². The summed E-state index contributed by atoms with van der Waals surface area (Å²) in [6.45, 7) is 1.84. The van der Waals surface area contributed by atoms with Crippen LogP contribution >= 0.6 is 0 Å². The summed E-state index contributed by atoms with van der Waals surface area (Å²) in [6.07, 6.45) is 3.43. The van der Waals surface area contributed by atoms with E-state index in [0.717, 1.165) is 19.5 Å². The fourth-order valence-electron chi connectivity index (χ4n) is 2.85. The maximum atomic E-state index is 12.5. The van der Waals surface area contributed by atoms with E-state index >= 15 is 0 Å². The summed E-state index contributed by atoms with van der Waals surface area (Å²) in [5.41, 5.74) is 0.636. The zero-order valence-electron chi connectivity index (χ0n) is 11.7. The second-order valence-electron chi connectivity index (χ2n) is 5.58. The summed E-state index contributed by atoms with van der Waals surface area (Å²) in [5, 5.41) is 2.93. The molecule has 0 bridgehead atoms. The van der Waals surface area contributed by atoms with E-state index in [-0.39, 0.29) is 6.04 Å². The molecule has 1 aromatic rings. The van der Waals surface area contributed by atoms with Gasteiger partial charge in [-0.25, -0.2) is 13.1 Å². The number of hydrogen-bond donors (Lipinski definition) is 2. The van der Waals surface area contributed by atoms with Gasteiger partial charge in [-0.15, -0.1) is 0 Å². The Morgan fingerprint density at radius 1 is 1.20 bits per heavy atom. The van der Waals surface area contributed by atoms with E-state index in [2.05, 4.69) is 14.9 Å². The van der Waals surface area contributed by atoms with E-state index in [1.54, 1.807) is 25.2 Å². The Balaban J connectivity index is 1.72. The number of likely N-dealkylation sites (tertiary alicyclic amines) is 1. The Labute approximate surface area is 120 Å². The number of rotatable bonds is 5. The number of anilines is 1. The molecule has 3 rings (SSSR count). The first-order valence-corrected chi connectivity index (χ1v) is 8.61. The fraction of sp³-hybridized carbons (Fsp3) is 0.571. The molecule has 1 atom stereocenters. The first-order chi connectivity index (χ1) is 9.60. The van der Waals surface area contributed by atoms with Crippen LogP contribution in [0.2, 0.25) is 0 Å². The summed E-state index contributed by atoms with van der Waals surface area (Å²) in [4.78, 5) is 2.73. The number of nitrogens with zero attached hydrogens (tertiary/aromatic N) is 1. The highest BCUT2D eigenvalue weighted by Gasteiger charge is 2.36. The minimum absolute atomic E-state index is 0.0329. The number of benzene rings is 1. The molecule has 6 heteroatoms. The van der Waals surface area contributed by atoms with E-state index in [1.165, 1.54) is 12.8 Å².